The van der Waals surface area contributed by atoms with Gasteiger partial charge in [0.2, 0.25) is 0 Å². The largest absolute Gasteiger partial charge is 0.494 e. The van der Waals surface area contributed by atoms with E-state index in [2.05, 4.69) is 4.98 Å². The minimum atomic E-state index is 0.108. The number of aromatic nitrogens is 2. The molecule has 3 N–H and O–H groups in total. The number of aromatic hydroxyl groups is 2. The van der Waals surface area contributed by atoms with Gasteiger partial charge in [-0.1, -0.05) is 53.5 Å². The van der Waals surface area contributed by atoms with Crippen LogP contribution in [0.2, 0.25) is 10.0 Å². The first kappa shape index (κ1) is 16.6. The fraction of sp³-hybridized carbons (Fsp3) is 0.143. The summed E-state index contributed by atoms with van der Waals surface area (Å²) in [4.78, 5) is 3.37. The molecule has 0 fully saturated rings. The molecule has 2 aromatic heterocycles. The minimum absolute atomic E-state index is 0.108. The lowest BCUT2D eigenvalue weighted by Crippen LogP contribution is -2.04. The fourth-order valence-corrected chi connectivity index (χ4v) is 4.66. The number of H-pyrrole nitrogens is 1. The van der Waals surface area contributed by atoms with Crippen molar-refractivity contribution in [1.29, 1.82) is 0 Å². The highest BCUT2D eigenvalue weighted by atomic mass is 35.5. The molecular weight excluding hydrogens is 383 g/mol. The average Bonchev–Trinajstić information content (AvgIpc) is 3.11. The molecule has 1 aliphatic carbocycles. The van der Waals surface area contributed by atoms with Crippen molar-refractivity contribution in [3.05, 3.63) is 80.5 Å². The number of nitrogens with zero attached hydrogens (tertiary/aromatic N) is 1. The number of fused-ring (bicyclic) bond motifs is 4. The fourth-order valence-electron chi connectivity index (χ4n) is 4.05. The summed E-state index contributed by atoms with van der Waals surface area (Å²) >= 11 is 12.5. The van der Waals surface area contributed by atoms with Crippen molar-refractivity contribution in [2.75, 3.05) is 0 Å². The molecule has 4 aromatic rings. The van der Waals surface area contributed by atoms with Crippen LogP contribution in [0.5, 0.6) is 11.8 Å². The van der Waals surface area contributed by atoms with Gasteiger partial charge in [0, 0.05) is 45.6 Å². The Balaban J connectivity index is 1.62. The second-order valence-electron chi connectivity index (χ2n) is 6.92. The summed E-state index contributed by atoms with van der Waals surface area (Å²) in [5.41, 5.74) is 5.43. The van der Waals surface area contributed by atoms with E-state index in [1.54, 1.807) is 10.6 Å². The highest BCUT2D eigenvalue weighted by molar-refractivity contribution is 6.38. The lowest BCUT2D eigenvalue weighted by atomic mass is 9.91. The van der Waals surface area contributed by atoms with Gasteiger partial charge in [-0.3, -0.25) is 4.57 Å². The molecule has 0 spiro atoms. The molecule has 0 aliphatic heterocycles. The maximum absolute atomic E-state index is 10.8. The Morgan fingerprint density at radius 2 is 1.63 bits per heavy atom. The smallest absolute Gasteiger partial charge is 0.198 e. The molecule has 0 amide bonds. The van der Waals surface area contributed by atoms with E-state index >= 15 is 0 Å². The maximum Gasteiger partial charge on any atom is 0.198 e. The second-order valence-corrected chi connectivity index (χ2v) is 7.77. The molecule has 0 saturated carbocycles. The molecule has 2 aromatic carbocycles. The van der Waals surface area contributed by atoms with Gasteiger partial charge in [-0.2, -0.15) is 0 Å². The molecule has 0 saturated heterocycles. The van der Waals surface area contributed by atoms with Gasteiger partial charge in [0.25, 0.3) is 0 Å². The first-order chi connectivity index (χ1) is 13.0. The van der Waals surface area contributed by atoms with Crippen molar-refractivity contribution in [2.45, 2.75) is 19.4 Å². The molecule has 0 radical (unpaired) electrons. The van der Waals surface area contributed by atoms with Crippen LogP contribution in [0.3, 0.4) is 0 Å². The normalized spacial score (nSPS) is 13.0. The molecule has 0 atom stereocenters. The summed E-state index contributed by atoms with van der Waals surface area (Å²) in [6.45, 7) is 0.413. The molecule has 136 valence electrons. The SMILES string of the molecule is Oc1c2c(c(O)n1Cc1ccccc1)Cc1c([nH]c3cc(Cl)cc(Cl)c13)C2. The quantitative estimate of drug-likeness (QED) is 0.381. The predicted molar refractivity (Wildman–Crippen MR) is 107 cm³/mol. The van der Waals surface area contributed by atoms with E-state index in [0.29, 0.717) is 29.4 Å². The second kappa shape index (κ2) is 5.98. The van der Waals surface area contributed by atoms with Gasteiger partial charge in [0.15, 0.2) is 11.8 Å². The van der Waals surface area contributed by atoms with Crippen LogP contribution in [-0.4, -0.2) is 19.8 Å². The minimum Gasteiger partial charge on any atom is -0.494 e. The molecule has 0 unspecified atom stereocenters. The number of nitrogens with one attached hydrogen (secondary N) is 1. The third-order valence-corrected chi connectivity index (χ3v) is 5.83. The van der Waals surface area contributed by atoms with Gasteiger partial charge in [-0.05, 0) is 23.3 Å². The van der Waals surface area contributed by atoms with Crippen LogP contribution in [0.4, 0.5) is 0 Å². The third kappa shape index (κ3) is 2.52. The summed E-state index contributed by atoms with van der Waals surface area (Å²) in [6, 6.07) is 13.3. The summed E-state index contributed by atoms with van der Waals surface area (Å²) in [5, 5.41) is 23.7. The molecule has 27 heavy (non-hydrogen) atoms. The Morgan fingerprint density at radius 3 is 2.37 bits per heavy atom. The van der Waals surface area contributed by atoms with E-state index in [9.17, 15) is 10.2 Å². The highest BCUT2D eigenvalue weighted by Gasteiger charge is 2.30. The number of hydrogen-bond acceptors (Lipinski definition) is 2. The Hall–Kier alpha value is -2.56. The lowest BCUT2D eigenvalue weighted by Gasteiger charge is -2.13. The van der Waals surface area contributed by atoms with Crippen molar-refractivity contribution in [3.63, 3.8) is 0 Å². The zero-order chi connectivity index (χ0) is 18.7. The standard InChI is InChI=1S/C21H16Cl2N2O2/c22-12-6-16(23)19-15-8-13-14(9-17(15)24-18(19)7-12)21(27)25(20(13)26)10-11-4-2-1-3-5-11/h1-7,24,26-27H,8-10H2. The summed E-state index contributed by atoms with van der Waals surface area (Å²) in [6.07, 6.45) is 1.02. The summed E-state index contributed by atoms with van der Waals surface area (Å²) in [7, 11) is 0. The van der Waals surface area contributed by atoms with E-state index in [0.717, 1.165) is 38.9 Å². The number of benzene rings is 2. The average molecular weight is 399 g/mol. The van der Waals surface area contributed by atoms with Crippen molar-refractivity contribution < 1.29 is 10.2 Å². The Morgan fingerprint density at radius 1 is 0.926 bits per heavy atom. The number of hydrogen-bond donors (Lipinski definition) is 3. The van der Waals surface area contributed by atoms with Crippen molar-refractivity contribution in [3.8, 4) is 11.8 Å². The topological polar surface area (TPSA) is 61.2 Å². The van der Waals surface area contributed by atoms with Crippen LogP contribution in [-0.2, 0) is 19.4 Å². The zero-order valence-corrected chi connectivity index (χ0v) is 15.8. The van der Waals surface area contributed by atoms with Gasteiger partial charge in [-0.25, -0.2) is 0 Å². The molecule has 0 bridgehead atoms. The van der Waals surface area contributed by atoms with Crippen LogP contribution in [0.25, 0.3) is 10.9 Å². The van der Waals surface area contributed by atoms with E-state index in [1.165, 1.54) is 0 Å². The summed E-state index contributed by atoms with van der Waals surface area (Å²) in [5.74, 6) is 0.219. The molecular formula is C21H16Cl2N2O2. The van der Waals surface area contributed by atoms with Crippen LogP contribution >= 0.6 is 23.2 Å². The number of aromatic amines is 1. The molecule has 4 nitrogen and oxygen atoms in total. The first-order valence-corrected chi connectivity index (χ1v) is 9.43. The monoisotopic (exact) mass is 398 g/mol. The zero-order valence-electron chi connectivity index (χ0n) is 14.3. The van der Waals surface area contributed by atoms with Crippen LogP contribution in [0, 0.1) is 0 Å². The van der Waals surface area contributed by atoms with Crippen LogP contribution in [0.1, 0.15) is 27.9 Å². The highest BCUT2D eigenvalue weighted by Crippen LogP contribution is 2.44. The third-order valence-electron chi connectivity index (χ3n) is 5.31. The van der Waals surface area contributed by atoms with Gasteiger partial charge in [0.1, 0.15) is 0 Å². The van der Waals surface area contributed by atoms with Gasteiger partial charge in [0.05, 0.1) is 11.6 Å². The Kier molecular flexibility index (Phi) is 3.67. The van der Waals surface area contributed by atoms with E-state index in [4.69, 9.17) is 23.2 Å². The molecule has 5 rings (SSSR count). The molecule has 1 aliphatic rings. The van der Waals surface area contributed by atoms with E-state index < -0.39 is 0 Å². The van der Waals surface area contributed by atoms with E-state index in [1.807, 2.05) is 36.4 Å². The van der Waals surface area contributed by atoms with Gasteiger partial charge >= 0.3 is 0 Å². The number of rotatable bonds is 2. The maximum atomic E-state index is 10.8. The Labute approximate surface area is 165 Å². The molecule has 6 heteroatoms. The summed E-state index contributed by atoms with van der Waals surface area (Å²) < 4.78 is 1.56. The predicted octanol–water partition coefficient (Wildman–Crippen LogP) is 5.23. The number of halogens is 2. The Bertz CT molecular complexity index is 1190. The van der Waals surface area contributed by atoms with Gasteiger partial charge < -0.3 is 15.2 Å². The van der Waals surface area contributed by atoms with Gasteiger partial charge in [-0.15, -0.1) is 0 Å². The van der Waals surface area contributed by atoms with E-state index in [-0.39, 0.29) is 11.8 Å². The first-order valence-electron chi connectivity index (χ1n) is 8.67. The van der Waals surface area contributed by atoms with Crippen molar-refractivity contribution in [2.24, 2.45) is 0 Å². The van der Waals surface area contributed by atoms with Crippen molar-refractivity contribution in [1.82, 2.24) is 9.55 Å². The lowest BCUT2D eigenvalue weighted by molar-refractivity contribution is 0.374. The van der Waals surface area contributed by atoms with Crippen molar-refractivity contribution >= 4 is 34.1 Å². The van der Waals surface area contributed by atoms with Crippen LogP contribution < -0.4 is 0 Å². The van der Waals surface area contributed by atoms with Crippen LogP contribution in [0.15, 0.2) is 42.5 Å². The molecule has 2 heterocycles.